The van der Waals surface area contributed by atoms with Crippen molar-refractivity contribution in [1.29, 1.82) is 0 Å². The van der Waals surface area contributed by atoms with Gasteiger partial charge in [0.15, 0.2) is 0 Å². The minimum Gasteiger partial charge on any atom is -0.465 e. The second-order valence-electron chi connectivity index (χ2n) is 12.4. The van der Waals surface area contributed by atoms with Gasteiger partial charge in [0.25, 0.3) is 0 Å². The van der Waals surface area contributed by atoms with Crippen LogP contribution in [0, 0.1) is 17.8 Å². The Morgan fingerprint density at radius 2 is 1.91 bits per heavy atom. The SMILES string of the molecule is C=CCCCCOC(=O)[C@@H]1[C@H]2C(=O)N([C@H](CO)c3ccccc3)C(C(=O)N(CC=C)Cn3nnc4ccccc43)C23S[C@@H]1CC3C. The molecule has 1 N–H and O–H groups in total. The van der Waals surface area contributed by atoms with E-state index in [1.165, 1.54) is 0 Å². The predicted molar refractivity (Wildman–Crippen MR) is 176 cm³/mol. The number of thioether (sulfide) groups is 1. The Hall–Kier alpha value is -3.96. The maximum Gasteiger partial charge on any atom is 0.310 e. The first-order chi connectivity index (χ1) is 22.4. The summed E-state index contributed by atoms with van der Waals surface area (Å²) >= 11 is 1.59. The van der Waals surface area contributed by atoms with E-state index < -0.39 is 28.7 Å². The predicted octanol–water partition coefficient (Wildman–Crippen LogP) is 4.37. The Morgan fingerprint density at radius 3 is 2.65 bits per heavy atom. The minimum absolute atomic E-state index is 0.0417. The Bertz CT molecular complexity index is 1610. The van der Waals surface area contributed by atoms with Crippen LogP contribution in [-0.4, -0.2) is 83.5 Å². The highest BCUT2D eigenvalue weighted by Gasteiger charge is 2.77. The number of benzene rings is 2. The molecule has 0 radical (unpaired) electrons. The fraction of sp³-hybridized carbons (Fsp3) is 0.457. The first-order valence-electron chi connectivity index (χ1n) is 16.0. The highest BCUT2D eigenvalue weighted by molar-refractivity contribution is 8.02. The number of rotatable bonds is 14. The lowest BCUT2D eigenvalue weighted by Gasteiger charge is -2.42. The zero-order valence-corrected chi connectivity index (χ0v) is 26.9. The normalized spacial score (nSPS) is 27.0. The van der Waals surface area contributed by atoms with Gasteiger partial charge in [0.2, 0.25) is 11.8 Å². The van der Waals surface area contributed by atoms with E-state index >= 15 is 4.79 Å². The third-order valence-electron chi connectivity index (χ3n) is 9.82. The number of hydrogen-bond acceptors (Lipinski definition) is 8. The van der Waals surface area contributed by atoms with Gasteiger partial charge in [-0.1, -0.05) is 66.8 Å². The number of nitrogens with zero attached hydrogens (tertiary/aromatic N) is 5. The van der Waals surface area contributed by atoms with Gasteiger partial charge in [-0.15, -0.1) is 30.0 Å². The van der Waals surface area contributed by atoms with Crippen LogP contribution in [0.3, 0.4) is 0 Å². The molecular formula is C35H41N5O5S. The van der Waals surface area contributed by atoms with Crippen LogP contribution < -0.4 is 0 Å². The average Bonchev–Trinajstić information content (AvgIpc) is 3.79. The Labute approximate surface area is 273 Å². The van der Waals surface area contributed by atoms with Crippen molar-refractivity contribution in [2.75, 3.05) is 19.8 Å². The standard InChI is InChI=1S/C35H41N5O5S/c1-4-6-7-13-19-45-34(44)29-28-20-23(3)35(46-28)30(29)32(42)40(27(21-41)24-14-9-8-10-15-24)31(35)33(43)38(18-5-2)22-39-26-17-12-11-16-25(26)36-37-39/h4-5,8-12,14-17,23,27-31,41H,1-2,6-7,13,18-22H2,3H3/t23?,27-,28-,29+,30+,31?,35?/m1/s1. The molecule has 3 fully saturated rings. The number of ether oxygens (including phenoxy) is 1. The molecule has 3 aliphatic heterocycles. The van der Waals surface area contributed by atoms with Crippen LogP contribution in [0.1, 0.15) is 44.2 Å². The second-order valence-corrected chi connectivity index (χ2v) is 14.0. The maximum absolute atomic E-state index is 15.0. The van der Waals surface area contributed by atoms with Crippen LogP contribution in [0.25, 0.3) is 11.0 Å². The van der Waals surface area contributed by atoms with Crippen molar-refractivity contribution in [3.8, 4) is 0 Å². The van der Waals surface area contributed by atoms with Gasteiger partial charge in [-0.3, -0.25) is 14.4 Å². The number of carbonyl (C=O) groups excluding carboxylic acids is 3. The number of unbranched alkanes of at least 4 members (excludes halogenated alkanes) is 2. The molecule has 1 spiro atoms. The highest BCUT2D eigenvalue weighted by atomic mass is 32.2. The summed E-state index contributed by atoms with van der Waals surface area (Å²) in [6, 6.07) is 15.1. The number of amides is 2. The number of allylic oxidation sites excluding steroid dienone is 1. The molecule has 1 aromatic heterocycles. The summed E-state index contributed by atoms with van der Waals surface area (Å²) < 4.78 is 6.57. The summed E-state index contributed by atoms with van der Waals surface area (Å²) in [4.78, 5) is 46.7. The monoisotopic (exact) mass is 643 g/mol. The average molecular weight is 644 g/mol. The number of aliphatic hydroxyl groups is 1. The van der Waals surface area contributed by atoms with Crippen LogP contribution in [0.15, 0.2) is 79.9 Å². The first-order valence-corrected chi connectivity index (χ1v) is 16.9. The second kappa shape index (κ2) is 13.4. The van der Waals surface area contributed by atoms with Crippen molar-refractivity contribution < 1.29 is 24.2 Å². The van der Waals surface area contributed by atoms with Gasteiger partial charge in [-0.05, 0) is 49.3 Å². The van der Waals surface area contributed by atoms with Crippen LogP contribution in [0.2, 0.25) is 0 Å². The van der Waals surface area contributed by atoms with Gasteiger partial charge in [0.1, 0.15) is 18.2 Å². The molecule has 0 saturated carbocycles. The number of aliphatic hydroxyl groups excluding tert-OH is 1. The molecule has 3 unspecified atom stereocenters. The van der Waals surface area contributed by atoms with E-state index in [2.05, 4.69) is 30.4 Å². The molecule has 46 heavy (non-hydrogen) atoms. The molecule has 2 aromatic carbocycles. The fourth-order valence-corrected chi connectivity index (χ4v) is 10.2. The Kier molecular flexibility index (Phi) is 9.33. The topological polar surface area (TPSA) is 118 Å². The van der Waals surface area contributed by atoms with Gasteiger partial charge in [-0.25, -0.2) is 4.68 Å². The highest BCUT2D eigenvalue weighted by Crippen LogP contribution is 2.69. The van der Waals surface area contributed by atoms with Crippen molar-refractivity contribution in [2.24, 2.45) is 17.8 Å². The van der Waals surface area contributed by atoms with Crippen molar-refractivity contribution in [3.05, 3.63) is 85.5 Å². The van der Waals surface area contributed by atoms with Gasteiger partial charge in [0.05, 0.1) is 41.4 Å². The van der Waals surface area contributed by atoms with Gasteiger partial charge in [-0.2, -0.15) is 0 Å². The molecular weight excluding hydrogens is 602 g/mol. The largest absolute Gasteiger partial charge is 0.465 e. The molecule has 242 valence electrons. The molecule has 6 rings (SSSR count). The summed E-state index contributed by atoms with van der Waals surface area (Å²) in [6.07, 6.45) is 6.60. The van der Waals surface area contributed by atoms with Gasteiger partial charge < -0.3 is 19.6 Å². The lowest BCUT2D eigenvalue weighted by atomic mass is 9.66. The van der Waals surface area contributed by atoms with Crippen molar-refractivity contribution in [1.82, 2.24) is 24.8 Å². The number of likely N-dealkylation sites (tertiary alicyclic amines) is 1. The van der Waals surface area contributed by atoms with E-state index in [0.717, 1.165) is 23.9 Å². The van der Waals surface area contributed by atoms with E-state index in [-0.39, 0.29) is 55.4 Å². The summed E-state index contributed by atoms with van der Waals surface area (Å²) in [5.74, 6) is -2.41. The van der Waals surface area contributed by atoms with Crippen molar-refractivity contribution >= 4 is 40.6 Å². The van der Waals surface area contributed by atoms with Crippen molar-refractivity contribution in [3.63, 3.8) is 0 Å². The number of carbonyl (C=O) groups is 3. The van der Waals surface area contributed by atoms with E-state index in [1.807, 2.05) is 60.7 Å². The fourth-order valence-electron chi connectivity index (χ4n) is 7.76. The molecule has 3 saturated heterocycles. The van der Waals surface area contributed by atoms with E-state index in [1.54, 1.807) is 32.3 Å². The molecule has 11 heteroatoms. The Balaban J connectivity index is 1.40. The smallest absolute Gasteiger partial charge is 0.310 e. The zero-order valence-electron chi connectivity index (χ0n) is 26.1. The number of hydrogen-bond donors (Lipinski definition) is 1. The molecule has 2 bridgehead atoms. The lowest BCUT2D eigenvalue weighted by molar-refractivity contribution is -0.155. The first kappa shape index (κ1) is 32.0. The molecule has 4 heterocycles. The van der Waals surface area contributed by atoms with E-state index in [0.29, 0.717) is 18.4 Å². The van der Waals surface area contributed by atoms with Crippen LogP contribution >= 0.6 is 11.8 Å². The molecule has 2 amide bonds. The molecule has 7 atom stereocenters. The summed E-state index contributed by atoms with van der Waals surface area (Å²) in [5.41, 5.74) is 2.20. The zero-order chi connectivity index (χ0) is 32.4. The number of aromatic nitrogens is 3. The number of fused-ring (bicyclic) bond motifs is 2. The Morgan fingerprint density at radius 1 is 1.15 bits per heavy atom. The number of para-hydroxylation sites is 1. The molecule has 0 aliphatic carbocycles. The minimum atomic E-state index is -0.938. The molecule has 3 aliphatic rings. The third kappa shape index (κ3) is 5.33. The van der Waals surface area contributed by atoms with Gasteiger partial charge >= 0.3 is 5.97 Å². The van der Waals surface area contributed by atoms with Crippen LogP contribution in [0.5, 0.6) is 0 Å². The quantitative estimate of drug-likeness (QED) is 0.156. The summed E-state index contributed by atoms with van der Waals surface area (Å²) in [7, 11) is 0. The van der Waals surface area contributed by atoms with E-state index in [9.17, 15) is 14.7 Å². The van der Waals surface area contributed by atoms with E-state index in [4.69, 9.17) is 4.74 Å². The summed E-state index contributed by atoms with van der Waals surface area (Å²) in [6.45, 7) is 9.94. The molecule has 3 aromatic rings. The molecule has 10 nitrogen and oxygen atoms in total. The van der Waals surface area contributed by atoms with Crippen LogP contribution in [-0.2, 0) is 25.8 Å². The number of esters is 1. The summed E-state index contributed by atoms with van der Waals surface area (Å²) in [5, 5.41) is 19.3. The van der Waals surface area contributed by atoms with Crippen LogP contribution in [0.4, 0.5) is 0 Å². The maximum atomic E-state index is 15.0. The van der Waals surface area contributed by atoms with Crippen molar-refractivity contribution in [2.45, 2.75) is 61.4 Å². The van der Waals surface area contributed by atoms with Gasteiger partial charge in [0, 0.05) is 11.8 Å². The third-order valence-corrected chi connectivity index (χ3v) is 11.9. The lowest BCUT2D eigenvalue weighted by Crippen LogP contribution is -2.58.